The molecule has 2 heterocycles. The first-order valence-electron chi connectivity index (χ1n) is 10.0. The zero-order valence-corrected chi connectivity index (χ0v) is 19.1. The molecular formula is C22H26N6O4S. The van der Waals surface area contributed by atoms with E-state index in [1.807, 2.05) is 19.0 Å². The van der Waals surface area contributed by atoms with Gasteiger partial charge >= 0.3 is 6.03 Å². The lowest BCUT2D eigenvalue weighted by Crippen LogP contribution is -2.39. The van der Waals surface area contributed by atoms with Crippen molar-refractivity contribution in [3.63, 3.8) is 0 Å². The summed E-state index contributed by atoms with van der Waals surface area (Å²) >= 11 is 1.39. The van der Waals surface area contributed by atoms with Crippen LogP contribution in [-0.4, -0.2) is 64.1 Å². The number of anilines is 3. The first-order chi connectivity index (χ1) is 15.7. The maximum atomic E-state index is 12.9. The van der Waals surface area contributed by atoms with Crippen LogP contribution in [0.2, 0.25) is 0 Å². The molecule has 0 aliphatic rings. The molecule has 0 atom stereocenters. The molecule has 0 radical (unpaired) electrons. The highest BCUT2D eigenvalue weighted by Crippen LogP contribution is 2.27. The van der Waals surface area contributed by atoms with Crippen molar-refractivity contribution in [2.24, 2.45) is 0 Å². The molecule has 3 aromatic rings. The lowest BCUT2D eigenvalue weighted by Gasteiger charge is -2.25. The topological polar surface area (TPSA) is 144 Å². The highest BCUT2D eigenvalue weighted by Gasteiger charge is 2.16. The van der Waals surface area contributed by atoms with E-state index >= 15 is 0 Å². The molecule has 0 bridgehead atoms. The number of rotatable bonds is 8. The molecule has 1 aromatic carbocycles. The predicted octanol–water partition coefficient (Wildman–Crippen LogP) is 2.98. The quantitative estimate of drug-likeness (QED) is 0.251. The van der Waals surface area contributed by atoms with Crippen molar-refractivity contribution in [1.82, 2.24) is 14.8 Å². The maximum Gasteiger partial charge on any atom is 0.322 e. The first-order valence-corrected chi connectivity index (χ1v) is 11.0. The first kappa shape index (κ1) is 23.8. The Balaban J connectivity index is 1.68. The van der Waals surface area contributed by atoms with E-state index in [1.54, 1.807) is 34.0 Å². The van der Waals surface area contributed by atoms with Gasteiger partial charge in [0.2, 0.25) is 0 Å². The van der Waals surface area contributed by atoms with E-state index in [4.69, 9.17) is 5.73 Å². The normalized spacial score (nSPS) is 10.8. The number of amides is 3. The molecule has 11 heteroatoms. The standard InChI is InChI=1S/C22H26N6O4S/c1-27(2)7-8-28(22(32)25-15-4-6-19(29)20(30)9-15)11-14-3-5-17(24-10-14)21(31)26-18-13-33-12-16(18)23/h3-6,9-10,12-13,29-30H,7-8,11,23H2,1-2H3,(H,25,32)(H,26,31). The molecular weight excluding hydrogens is 444 g/mol. The number of nitrogen functional groups attached to an aromatic ring is 1. The van der Waals surface area contributed by atoms with E-state index < -0.39 is 0 Å². The van der Waals surface area contributed by atoms with Crippen LogP contribution >= 0.6 is 11.3 Å². The minimum Gasteiger partial charge on any atom is -0.504 e. The van der Waals surface area contributed by atoms with Crippen molar-refractivity contribution in [2.45, 2.75) is 6.54 Å². The van der Waals surface area contributed by atoms with E-state index in [0.717, 1.165) is 5.56 Å². The average Bonchev–Trinajstić information content (AvgIpc) is 3.18. The van der Waals surface area contributed by atoms with Gasteiger partial charge in [-0.2, -0.15) is 0 Å². The van der Waals surface area contributed by atoms with E-state index in [1.165, 1.54) is 29.5 Å². The zero-order chi connectivity index (χ0) is 24.0. The van der Waals surface area contributed by atoms with Gasteiger partial charge in [0.05, 0.1) is 11.4 Å². The second-order valence-electron chi connectivity index (χ2n) is 7.61. The number of urea groups is 1. The van der Waals surface area contributed by atoms with Gasteiger partial charge in [-0.25, -0.2) is 4.79 Å². The summed E-state index contributed by atoms with van der Waals surface area (Å²) in [5.74, 6) is -0.967. The highest BCUT2D eigenvalue weighted by atomic mass is 32.1. The van der Waals surface area contributed by atoms with Crippen LogP contribution in [0.1, 0.15) is 16.1 Å². The van der Waals surface area contributed by atoms with Crippen molar-refractivity contribution in [3.05, 3.63) is 58.5 Å². The van der Waals surface area contributed by atoms with Crippen LogP contribution in [0.5, 0.6) is 11.5 Å². The van der Waals surface area contributed by atoms with Crippen LogP contribution in [0, 0.1) is 0 Å². The number of aromatic nitrogens is 1. The number of phenols is 2. The number of hydrogen-bond acceptors (Lipinski definition) is 8. The summed E-state index contributed by atoms with van der Waals surface area (Å²) in [6.07, 6.45) is 1.55. The lowest BCUT2D eigenvalue weighted by molar-refractivity contribution is 0.102. The van der Waals surface area contributed by atoms with Crippen LogP contribution in [0.15, 0.2) is 47.3 Å². The summed E-state index contributed by atoms with van der Waals surface area (Å²) in [5.41, 5.74) is 8.16. The van der Waals surface area contributed by atoms with Crippen LogP contribution < -0.4 is 16.4 Å². The molecule has 0 spiro atoms. The summed E-state index contributed by atoms with van der Waals surface area (Å²) in [4.78, 5) is 33.0. The number of pyridine rings is 1. The van der Waals surface area contributed by atoms with Crippen molar-refractivity contribution in [1.29, 1.82) is 0 Å². The van der Waals surface area contributed by atoms with Gasteiger partial charge in [0.1, 0.15) is 5.69 Å². The Kier molecular flexibility index (Phi) is 7.70. The second kappa shape index (κ2) is 10.7. The monoisotopic (exact) mass is 470 g/mol. The number of nitrogens with one attached hydrogen (secondary N) is 2. The van der Waals surface area contributed by atoms with Crippen molar-refractivity contribution in [2.75, 3.05) is 43.6 Å². The number of thiophene rings is 1. The summed E-state index contributed by atoms with van der Waals surface area (Å²) in [6, 6.07) is 7.01. The Morgan fingerprint density at radius 2 is 1.85 bits per heavy atom. The molecule has 6 N–H and O–H groups in total. The van der Waals surface area contributed by atoms with Crippen LogP contribution in [0.3, 0.4) is 0 Å². The summed E-state index contributed by atoms with van der Waals surface area (Å²) in [6.45, 7) is 1.32. The Bertz CT molecular complexity index is 1120. The fraction of sp³-hybridized carbons (Fsp3) is 0.227. The van der Waals surface area contributed by atoms with Gasteiger partial charge in [-0.3, -0.25) is 9.78 Å². The number of carbonyl (C=O) groups excluding carboxylic acids is 2. The smallest absolute Gasteiger partial charge is 0.322 e. The Morgan fingerprint density at radius 1 is 1.06 bits per heavy atom. The van der Waals surface area contributed by atoms with Crippen LogP contribution in [0.4, 0.5) is 21.9 Å². The number of benzene rings is 1. The van der Waals surface area contributed by atoms with Gasteiger partial charge in [0.15, 0.2) is 11.5 Å². The zero-order valence-electron chi connectivity index (χ0n) is 18.3. The summed E-state index contributed by atoms with van der Waals surface area (Å²) in [5, 5.41) is 28.0. The molecule has 2 aromatic heterocycles. The third-order valence-electron chi connectivity index (χ3n) is 4.70. The molecule has 3 rings (SSSR count). The van der Waals surface area contributed by atoms with Gasteiger partial charge in [0.25, 0.3) is 5.91 Å². The highest BCUT2D eigenvalue weighted by molar-refractivity contribution is 7.09. The van der Waals surface area contributed by atoms with Crippen LogP contribution in [0.25, 0.3) is 0 Å². The van der Waals surface area contributed by atoms with Gasteiger partial charge in [0, 0.05) is 48.3 Å². The molecule has 174 valence electrons. The molecule has 3 amide bonds. The molecule has 0 aliphatic carbocycles. The summed E-state index contributed by atoms with van der Waals surface area (Å²) in [7, 11) is 3.81. The molecule has 0 fully saturated rings. The number of phenolic OH excluding ortho intramolecular Hbond substituents is 2. The van der Waals surface area contributed by atoms with Gasteiger partial charge in [-0.1, -0.05) is 6.07 Å². The SMILES string of the molecule is CN(C)CCN(Cc1ccc(C(=O)Nc2cscc2N)nc1)C(=O)Nc1ccc(O)c(O)c1. The van der Waals surface area contributed by atoms with Gasteiger partial charge in [-0.15, -0.1) is 11.3 Å². The van der Waals surface area contributed by atoms with E-state index in [-0.39, 0.29) is 35.7 Å². The molecule has 0 unspecified atom stereocenters. The number of carbonyl (C=O) groups is 2. The lowest BCUT2D eigenvalue weighted by atomic mass is 10.2. The van der Waals surface area contributed by atoms with E-state index in [0.29, 0.717) is 30.2 Å². The fourth-order valence-corrected chi connectivity index (χ4v) is 3.52. The number of hydrogen-bond donors (Lipinski definition) is 5. The van der Waals surface area contributed by atoms with Crippen LogP contribution in [-0.2, 0) is 6.54 Å². The second-order valence-corrected chi connectivity index (χ2v) is 8.35. The van der Waals surface area contributed by atoms with E-state index in [9.17, 15) is 19.8 Å². The van der Waals surface area contributed by atoms with Gasteiger partial charge in [-0.05, 0) is 37.9 Å². The van der Waals surface area contributed by atoms with Crippen molar-refractivity contribution in [3.8, 4) is 11.5 Å². The molecule has 0 saturated carbocycles. The largest absolute Gasteiger partial charge is 0.504 e. The minimum absolute atomic E-state index is 0.230. The molecule has 0 saturated heterocycles. The number of aromatic hydroxyl groups is 2. The average molecular weight is 471 g/mol. The molecule has 0 aliphatic heterocycles. The molecule has 10 nitrogen and oxygen atoms in total. The summed E-state index contributed by atoms with van der Waals surface area (Å²) < 4.78 is 0. The van der Waals surface area contributed by atoms with Gasteiger partial charge < -0.3 is 36.4 Å². The predicted molar refractivity (Wildman–Crippen MR) is 129 cm³/mol. The van der Waals surface area contributed by atoms with Crippen molar-refractivity contribution < 1.29 is 19.8 Å². The third kappa shape index (κ3) is 6.57. The van der Waals surface area contributed by atoms with E-state index in [2.05, 4.69) is 15.6 Å². The maximum absolute atomic E-state index is 12.9. The fourth-order valence-electron chi connectivity index (χ4n) is 2.84. The van der Waals surface area contributed by atoms with Crippen molar-refractivity contribution >= 4 is 40.3 Å². The third-order valence-corrected chi connectivity index (χ3v) is 5.46. The Hall–Kier alpha value is -3.83. The minimum atomic E-state index is -0.378. The Morgan fingerprint density at radius 3 is 2.45 bits per heavy atom. The number of nitrogens with zero attached hydrogens (tertiary/aromatic N) is 3. The number of likely N-dealkylation sites (N-methyl/N-ethyl adjacent to an activating group) is 1. The Labute approximate surface area is 195 Å². The number of nitrogens with two attached hydrogens (primary N) is 1. The molecule has 33 heavy (non-hydrogen) atoms.